The molecule has 0 radical (unpaired) electrons. The van der Waals surface area contributed by atoms with E-state index in [1.54, 1.807) is 0 Å². The van der Waals surface area contributed by atoms with Crippen molar-refractivity contribution in [2.24, 2.45) is 62.6 Å². The summed E-state index contributed by atoms with van der Waals surface area (Å²) in [5.41, 5.74) is 0.583. The van der Waals surface area contributed by atoms with Crippen molar-refractivity contribution in [1.82, 2.24) is 0 Å². The van der Waals surface area contributed by atoms with Crippen molar-refractivity contribution in [3.8, 4) is 0 Å². The Labute approximate surface area is 257 Å². The summed E-state index contributed by atoms with van der Waals surface area (Å²) < 4.78 is 7.00. The van der Waals surface area contributed by atoms with Crippen LogP contribution in [0.3, 0.4) is 0 Å². The van der Waals surface area contributed by atoms with Crippen LogP contribution < -0.4 is 17.0 Å². The van der Waals surface area contributed by atoms with Crippen LogP contribution in [0.5, 0.6) is 0 Å². The zero-order valence-corrected chi connectivity index (χ0v) is 29.2. The summed E-state index contributed by atoms with van der Waals surface area (Å²) >= 11 is 0. The van der Waals surface area contributed by atoms with E-state index < -0.39 is 0 Å². The highest BCUT2D eigenvalue weighted by molar-refractivity contribution is 5.78. The van der Waals surface area contributed by atoms with E-state index in [2.05, 4.69) is 69.6 Å². The molecule has 1 N–H and O–H groups in total. The number of hydrogen-bond donors (Lipinski definition) is 1. The quantitative estimate of drug-likeness (QED) is 0.366. The maximum atomic E-state index is 14.1. The van der Waals surface area contributed by atoms with Gasteiger partial charge in [-0.1, -0.05) is 48.5 Å². The molecule has 0 saturated heterocycles. The molecule has 0 spiro atoms. The molecule has 5 saturated carbocycles. The van der Waals surface area contributed by atoms with E-state index in [0.717, 1.165) is 30.3 Å². The number of halogens is 1. The van der Waals surface area contributed by atoms with Crippen LogP contribution in [0.1, 0.15) is 113 Å². The van der Waals surface area contributed by atoms with Gasteiger partial charge in [-0.25, -0.2) is 0 Å². The van der Waals surface area contributed by atoms with E-state index in [1.165, 1.54) is 44.9 Å². The Kier molecular flexibility index (Phi) is 8.60. The molecule has 232 valence electrons. The molecule has 0 aromatic heterocycles. The average Bonchev–Trinajstić information content (AvgIpc) is 3.23. The number of carbonyl (C=O) groups is 1. The van der Waals surface area contributed by atoms with Gasteiger partial charge in [-0.3, -0.25) is 4.79 Å². The van der Waals surface area contributed by atoms with Gasteiger partial charge >= 0.3 is 5.97 Å². The van der Waals surface area contributed by atoms with Crippen molar-refractivity contribution in [1.29, 1.82) is 0 Å². The summed E-state index contributed by atoms with van der Waals surface area (Å²) in [6.07, 6.45) is 11.4. The van der Waals surface area contributed by atoms with Crippen molar-refractivity contribution in [3.05, 3.63) is 0 Å². The third kappa shape index (κ3) is 4.59. The summed E-state index contributed by atoms with van der Waals surface area (Å²) in [6.45, 7) is 18.9. The topological polar surface area (TPSA) is 46.5 Å². The lowest BCUT2D eigenvalue weighted by atomic mass is 9.32. The predicted molar refractivity (Wildman–Crippen MR) is 159 cm³/mol. The van der Waals surface area contributed by atoms with E-state index in [0.29, 0.717) is 52.9 Å². The summed E-state index contributed by atoms with van der Waals surface area (Å²) in [5.74, 6) is 3.74. The van der Waals surface area contributed by atoms with Crippen LogP contribution in [0.25, 0.3) is 0 Å². The molecule has 5 fully saturated rings. The molecule has 0 unspecified atom stereocenters. The van der Waals surface area contributed by atoms with Gasteiger partial charge in [-0.2, -0.15) is 0 Å². The minimum absolute atomic E-state index is 0. The fourth-order valence-corrected chi connectivity index (χ4v) is 12.3. The summed E-state index contributed by atoms with van der Waals surface area (Å²) in [6, 6.07) is 0. The first-order valence-corrected chi connectivity index (χ1v) is 16.6. The van der Waals surface area contributed by atoms with Gasteiger partial charge < -0.3 is 31.3 Å². The van der Waals surface area contributed by atoms with E-state index in [-0.39, 0.29) is 45.3 Å². The Morgan fingerprint density at radius 3 is 2.15 bits per heavy atom. The summed E-state index contributed by atoms with van der Waals surface area (Å²) in [5, 5.41) is 11.0. The summed E-state index contributed by atoms with van der Waals surface area (Å²) in [7, 11) is 6.52. The minimum Gasteiger partial charge on any atom is -1.00 e. The molecule has 40 heavy (non-hydrogen) atoms. The zero-order chi connectivity index (χ0) is 28.8. The molecule has 5 aliphatic rings. The van der Waals surface area contributed by atoms with Gasteiger partial charge in [0.2, 0.25) is 0 Å². The molecule has 5 rings (SSSR count). The molecule has 5 aliphatic carbocycles. The SMILES string of the molecule is CC(C)[C@@H]1CC[C@]2(C(=O)OCC[N+](C)(C)C)CC[C@]3(C)[C@H](CC[C@@H]4[C@@]5(C)CC[C@H](O)C(C)(C)[C@@H]5CC[C@]43C)[C@@H]12.[Br-]. The largest absolute Gasteiger partial charge is 1.00 e. The predicted octanol–water partition coefficient (Wildman–Crippen LogP) is 4.34. The maximum absolute atomic E-state index is 14.1. The standard InChI is InChI=1S/C35H62NO3.BrH/c1-23(2)24-13-18-35(30(38)39-22-21-36(8,9)10)20-19-33(6)25(29(24)35)11-12-27-32(5)16-15-28(37)31(3,4)26(32)14-17-34(27,33)7;/h23-29,37H,11-22H2,1-10H3;1H/q+1;/p-1/t24-,25+,26-,27+,28-,29+,32-,33+,34+,35-;/m0./s1. The van der Waals surface area contributed by atoms with Crippen LogP contribution in [0, 0.1) is 62.6 Å². The van der Waals surface area contributed by atoms with Gasteiger partial charge in [-0.05, 0) is 121 Å². The van der Waals surface area contributed by atoms with Crippen LogP contribution in [0.2, 0.25) is 0 Å². The second kappa shape index (κ2) is 10.5. The van der Waals surface area contributed by atoms with Crippen molar-refractivity contribution >= 4 is 5.97 Å². The second-order valence-corrected chi connectivity index (χ2v) is 17.8. The number of carbonyl (C=O) groups excluding carboxylic acids is 1. The molecule has 0 aromatic rings. The normalized spacial score (nSPS) is 47.8. The molecule has 0 bridgehead atoms. The van der Waals surface area contributed by atoms with E-state index in [1.807, 2.05) is 0 Å². The Morgan fingerprint density at radius 2 is 1.52 bits per heavy atom. The van der Waals surface area contributed by atoms with Crippen molar-refractivity contribution < 1.29 is 36.1 Å². The van der Waals surface area contributed by atoms with Crippen LogP contribution in [0.4, 0.5) is 0 Å². The first kappa shape index (κ1) is 32.8. The number of nitrogens with zero attached hydrogens (tertiary/aromatic N) is 1. The maximum Gasteiger partial charge on any atom is 0.312 e. The van der Waals surface area contributed by atoms with Gasteiger partial charge in [0, 0.05) is 0 Å². The molecular weight excluding hydrogens is 562 g/mol. The number of hydrogen-bond acceptors (Lipinski definition) is 3. The number of aliphatic hydroxyl groups is 1. The molecule has 0 aromatic carbocycles. The summed E-state index contributed by atoms with van der Waals surface area (Å²) in [4.78, 5) is 14.1. The number of likely N-dealkylation sites (N-methyl/N-ethyl adjacent to an activating group) is 1. The molecule has 5 heteroatoms. The highest BCUT2D eigenvalue weighted by atomic mass is 79.9. The molecule has 10 atom stereocenters. The molecule has 4 nitrogen and oxygen atoms in total. The fourth-order valence-electron chi connectivity index (χ4n) is 12.3. The van der Waals surface area contributed by atoms with Crippen LogP contribution in [-0.4, -0.2) is 56.0 Å². The fraction of sp³-hybridized carbons (Fsp3) is 0.971. The molecule has 0 amide bonds. The van der Waals surface area contributed by atoms with Crippen LogP contribution in [-0.2, 0) is 9.53 Å². The van der Waals surface area contributed by atoms with Gasteiger partial charge in [0.05, 0.1) is 32.7 Å². The number of rotatable bonds is 5. The van der Waals surface area contributed by atoms with E-state index in [4.69, 9.17) is 4.74 Å². The number of ether oxygens (including phenoxy) is 1. The number of quaternary nitrogens is 1. The van der Waals surface area contributed by atoms with Crippen molar-refractivity contribution in [2.75, 3.05) is 34.3 Å². The Balaban J connectivity index is 0.00000370. The van der Waals surface area contributed by atoms with Gasteiger partial charge in [-0.15, -0.1) is 0 Å². The zero-order valence-electron chi connectivity index (χ0n) is 27.6. The van der Waals surface area contributed by atoms with Crippen LogP contribution in [0.15, 0.2) is 0 Å². The number of fused-ring (bicyclic) bond motifs is 7. The highest BCUT2D eigenvalue weighted by Gasteiger charge is 2.72. The Morgan fingerprint density at radius 1 is 0.850 bits per heavy atom. The van der Waals surface area contributed by atoms with Crippen molar-refractivity contribution in [3.63, 3.8) is 0 Å². The number of esters is 1. The minimum atomic E-state index is -0.273. The van der Waals surface area contributed by atoms with E-state index in [9.17, 15) is 9.90 Å². The third-order valence-corrected chi connectivity index (χ3v) is 14.7. The Bertz CT molecular complexity index is 959. The monoisotopic (exact) mass is 623 g/mol. The van der Waals surface area contributed by atoms with Crippen LogP contribution >= 0.6 is 0 Å². The lowest BCUT2D eigenvalue weighted by Gasteiger charge is -2.72. The first-order chi connectivity index (χ1) is 17.9. The molecular formula is C35H62BrNO3. The molecule has 0 aliphatic heterocycles. The van der Waals surface area contributed by atoms with Crippen molar-refractivity contribution in [2.45, 2.75) is 119 Å². The highest BCUT2D eigenvalue weighted by Crippen LogP contribution is 2.77. The van der Waals surface area contributed by atoms with E-state index >= 15 is 0 Å². The smallest absolute Gasteiger partial charge is 0.312 e. The molecule has 0 heterocycles. The van der Waals surface area contributed by atoms with Gasteiger partial charge in [0.1, 0.15) is 13.2 Å². The number of aliphatic hydroxyl groups excluding tert-OH is 1. The Hall–Kier alpha value is -0.130. The first-order valence-electron chi connectivity index (χ1n) is 16.6. The lowest BCUT2D eigenvalue weighted by molar-refractivity contribution is -0.870. The van der Waals surface area contributed by atoms with Gasteiger partial charge in [0.15, 0.2) is 0 Å². The second-order valence-electron chi connectivity index (χ2n) is 17.8. The lowest BCUT2D eigenvalue weighted by Crippen LogP contribution is -3.00. The average molecular weight is 625 g/mol. The third-order valence-electron chi connectivity index (χ3n) is 14.7. The van der Waals surface area contributed by atoms with Gasteiger partial charge in [0.25, 0.3) is 0 Å².